The minimum atomic E-state index is -3.64. The average molecular weight is 312 g/mol. The highest BCUT2D eigenvalue weighted by molar-refractivity contribution is 7.89. The molecule has 0 amide bonds. The minimum Gasteiger partial charge on any atom is -0.389 e. The number of nitrogens with two attached hydrogens (primary N) is 1. The molecule has 0 bridgehead atoms. The minimum absolute atomic E-state index is 0.0467. The quantitative estimate of drug-likeness (QED) is 0.771. The van der Waals surface area contributed by atoms with Gasteiger partial charge in [-0.3, -0.25) is 0 Å². The Kier molecular flexibility index (Phi) is 5.03. The van der Waals surface area contributed by atoms with Crippen LogP contribution in [-0.2, 0) is 10.0 Å². The van der Waals surface area contributed by atoms with Crippen LogP contribution in [0.3, 0.4) is 0 Å². The van der Waals surface area contributed by atoms with Crippen LogP contribution in [0.15, 0.2) is 29.2 Å². The second kappa shape index (κ2) is 6.44. The van der Waals surface area contributed by atoms with Crippen molar-refractivity contribution in [3.63, 3.8) is 0 Å². The Morgan fingerprint density at radius 1 is 1.24 bits per heavy atom. The van der Waals surface area contributed by atoms with Crippen LogP contribution in [0.1, 0.15) is 50.6 Å². The van der Waals surface area contributed by atoms with Crippen molar-refractivity contribution in [2.75, 3.05) is 6.54 Å². The standard InChI is InChI=1S/C15H24N2O3S/c1-12(17-11-15(18)9-3-2-4-10-15)13-5-7-14(8-6-13)21(16,19)20/h5-8,12,17-18H,2-4,9-11H2,1H3,(H2,16,19,20). The molecule has 21 heavy (non-hydrogen) atoms. The predicted octanol–water partition coefficient (Wildman–Crippen LogP) is 1.68. The number of nitrogens with one attached hydrogen (secondary N) is 1. The average Bonchev–Trinajstić information content (AvgIpc) is 2.45. The third-order valence-corrected chi connectivity index (χ3v) is 5.16. The molecule has 4 N–H and O–H groups in total. The van der Waals surface area contributed by atoms with Gasteiger partial charge in [0.25, 0.3) is 0 Å². The summed E-state index contributed by atoms with van der Waals surface area (Å²) in [5.74, 6) is 0. The van der Waals surface area contributed by atoms with Crippen molar-refractivity contribution in [1.82, 2.24) is 5.32 Å². The van der Waals surface area contributed by atoms with Crippen LogP contribution in [0.4, 0.5) is 0 Å². The third-order valence-electron chi connectivity index (χ3n) is 4.23. The van der Waals surface area contributed by atoms with E-state index in [1.165, 1.54) is 18.6 Å². The second-order valence-electron chi connectivity index (χ2n) is 6.00. The van der Waals surface area contributed by atoms with Gasteiger partial charge in [-0.05, 0) is 37.5 Å². The molecule has 1 aliphatic rings. The predicted molar refractivity (Wildman–Crippen MR) is 82.3 cm³/mol. The fourth-order valence-corrected chi connectivity index (χ4v) is 3.31. The van der Waals surface area contributed by atoms with Gasteiger partial charge in [0.15, 0.2) is 0 Å². The van der Waals surface area contributed by atoms with E-state index in [0.717, 1.165) is 31.2 Å². The highest BCUT2D eigenvalue weighted by Crippen LogP contribution is 2.28. The van der Waals surface area contributed by atoms with Gasteiger partial charge in [0.2, 0.25) is 10.0 Å². The van der Waals surface area contributed by atoms with Crippen LogP contribution >= 0.6 is 0 Å². The maximum Gasteiger partial charge on any atom is 0.238 e. The van der Waals surface area contributed by atoms with E-state index in [9.17, 15) is 13.5 Å². The first-order valence-electron chi connectivity index (χ1n) is 7.39. The Bertz CT molecular complexity index is 563. The lowest BCUT2D eigenvalue weighted by molar-refractivity contribution is 0.00300. The molecule has 6 heteroatoms. The monoisotopic (exact) mass is 312 g/mol. The smallest absolute Gasteiger partial charge is 0.238 e. The molecule has 0 aliphatic heterocycles. The van der Waals surface area contributed by atoms with Gasteiger partial charge in [0.05, 0.1) is 10.5 Å². The van der Waals surface area contributed by atoms with Crippen molar-refractivity contribution in [1.29, 1.82) is 0 Å². The molecule has 0 spiro atoms. The molecule has 118 valence electrons. The molecule has 0 radical (unpaired) electrons. The van der Waals surface area contributed by atoms with E-state index >= 15 is 0 Å². The van der Waals surface area contributed by atoms with E-state index in [-0.39, 0.29) is 10.9 Å². The topological polar surface area (TPSA) is 92.4 Å². The Morgan fingerprint density at radius 3 is 2.33 bits per heavy atom. The Morgan fingerprint density at radius 2 is 1.81 bits per heavy atom. The van der Waals surface area contributed by atoms with E-state index in [4.69, 9.17) is 5.14 Å². The van der Waals surface area contributed by atoms with Crippen molar-refractivity contribution < 1.29 is 13.5 Å². The Hall–Kier alpha value is -0.950. The van der Waals surface area contributed by atoms with Crippen molar-refractivity contribution in [2.45, 2.75) is 55.6 Å². The molecule has 1 fully saturated rings. The number of sulfonamides is 1. The van der Waals surface area contributed by atoms with E-state index in [2.05, 4.69) is 5.32 Å². The number of primary sulfonamides is 1. The van der Waals surface area contributed by atoms with Crippen molar-refractivity contribution >= 4 is 10.0 Å². The maximum absolute atomic E-state index is 11.2. The van der Waals surface area contributed by atoms with Gasteiger partial charge in [-0.1, -0.05) is 31.4 Å². The molecule has 0 saturated heterocycles. The second-order valence-corrected chi connectivity index (χ2v) is 7.56. The van der Waals surface area contributed by atoms with Gasteiger partial charge in [0, 0.05) is 12.6 Å². The summed E-state index contributed by atoms with van der Waals surface area (Å²) in [6, 6.07) is 6.58. The number of benzene rings is 1. The Labute approximate surface area is 126 Å². The SMILES string of the molecule is CC(NCC1(O)CCCCC1)c1ccc(S(N)(=O)=O)cc1. The molecule has 1 aromatic carbocycles. The molecule has 2 rings (SSSR count). The molecule has 5 nitrogen and oxygen atoms in total. The van der Waals surface area contributed by atoms with E-state index in [1.807, 2.05) is 6.92 Å². The molecule has 1 saturated carbocycles. The van der Waals surface area contributed by atoms with Crippen LogP contribution < -0.4 is 10.5 Å². The molecule has 1 unspecified atom stereocenters. The fourth-order valence-electron chi connectivity index (χ4n) is 2.79. The van der Waals surface area contributed by atoms with Gasteiger partial charge in [-0.25, -0.2) is 13.6 Å². The number of hydrogen-bond donors (Lipinski definition) is 3. The van der Waals surface area contributed by atoms with Crippen LogP contribution in [0, 0.1) is 0 Å². The molecule has 1 aromatic rings. The first kappa shape index (κ1) is 16.4. The summed E-state index contributed by atoms with van der Waals surface area (Å²) in [7, 11) is -3.64. The van der Waals surface area contributed by atoms with Gasteiger partial charge in [0.1, 0.15) is 0 Å². The summed E-state index contributed by atoms with van der Waals surface area (Å²) in [4.78, 5) is 0.115. The molecule has 1 atom stereocenters. The van der Waals surface area contributed by atoms with Crippen LogP contribution in [0.2, 0.25) is 0 Å². The lowest BCUT2D eigenvalue weighted by atomic mass is 9.84. The van der Waals surface area contributed by atoms with Crippen LogP contribution in [-0.4, -0.2) is 25.7 Å². The van der Waals surface area contributed by atoms with Crippen molar-refractivity contribution in [3.8, 4) is 0 Å². The zero-order valence-corrected chi connectivity index (χ0v) is 13.2. The first-order valence-corrected chi connectivity index (χ1v) is 8.93. The summed E-state index contributed by atoms with van der Waals surface area (Å²) in [5, 5.41) is 18.9. The van der Waals surface area contributed by atoms with Gasteiger partial charge < -0.3 is 10.4 Å². The van der Waals surface area contributed by atoms with Gasteiger partial charge in [-0.15, -0.1) is 0 Å². The number of hydrogen-bond acceptors (Lipinski definition) is 4. The van der Waals surface area contributed by atoms with Crippen LogP contribution in [0.25, 0.3) is 0 Å². The summed E-state index contributed by atoms with van der Waals surface area (Å²) in [6.07, 6.45) is 5.05. The molecular weight excluding hydrogens is 288 g/mol. The molecule has 1 aliphatic carbocycles. The summed E-state index contributed by atoms with van der Waals surface area (Å²) in [6.45, 7) is 2.56. The lowest BCUT2D eigenvalue weighted by Crippen LogP contribution is -2.42. The zero-order chi connectivity index (χ0) is 15.5. The van der Waals surface area contributed by atoms with E-state index in [1.54, 1.807) is 12.1 Å². The van der Waals surface area contributed by atoms with Gasteiger partial charge >= 0.3 is 0 Å². The number of aliphatic hydroxyl groups is 1. The summed E-state index contributed by atoms with van der Waals surface area (Å²) >= 11 is 0. The number of rotatable bonds is 5. The summed E-state index contributed by atoms with van der Waals surface area (Å²) < 4.78 is 22.4. The zero-order valence-electron chi connectivity index (χ0n) is 12.4. The van der Waals surface area contributed by atoms with Crippen molar-refractivity contribution in [2.24, 2.45) is 5.14 Å². The highest BCUT2D eigenvalue weighted by atomic mass is 32.2. The summed E-state index contributed by atoms with van der Waals surface area (Å²) in [5.41, 5.74) is 0.370. The van der Waals surface area contributed by atoms with E-state index in [0.29, 0.717) is 6.54 Å². The lowest BCUT2D eigenvalue weighted by Gasteiger charge is -2.33. The molecular formula is C15H24N2O3S. The normalized spacial score (nSPS) is 20.1. The van der Waals surface area contributed by atoms with Crippen LogP contribution in [0.5, 0.6) is 0 Å². The van der Waals surface area contributed by atoms with Crippen molar-refractivity contribution in [3.05, 3.63) is 29.8 Å². The maximum atomic E-state index is 11.2. The fraction of sp³-hybridized carbons (Fsp3) is 0.600. The van der Waals surface area contributed by atoms with Gasteiger partial charge in [-0.2, -0.15) is 0 Å². The first-order chi connectivity index (χ1) is 9.80. The Balaban J connectivity index is 1.95. The largest absolute Gasteiger partial charge is 0.389 e. The third kappa shape index (κ3) is 4.51. The molecule has 0 aromatic heterocycles. The van der Waals surface area contributed by atoms with E-state index < -0.39 is 15.6 Å². The highest BCUT2D eigenvalue weighted by Gasteiger charge is 2.29. The molecule has 0 heterocycles.